The lowest BCUT2D eigenvalue weighted by Gasteiger charge is -2.42. The molecule has 1 aliphatic rings. The average Bonchev–Trinajstić information content (AvgIpc) is 2.84. The minimum absolute atomic E-state index is 0.0435. The summed E-state index contributed by atoms with van der Waals surface area (Å²) in [5, 5.41) is 1.48. The number of carbonyl (C=O) groups excluding carboxylic acids is 2. The summed E-state index contributed by atoms with van der Waals surface area (Å²) < 4.78 is 102. The number of methoxy groups -OCH3 is 1. The largest absolute Gasteiger partial charge is 0.462 e. The van der Waals surface area contributed by atoms with Crippen LogP contribution in [0.4, 0.5) is 30.7 Å². The van der Waals surface area contributed by atoms with Gasteiger partial charge >= 0.3 is 24.2 Å². The fourth-order valence-electron chi connectivity index (χ4n) is 4.12. The van der Waals surface area contributed by atoms with Crippen molar-refractivity contribution >= 4 is 11.9 Å². The van der Waals surface area contributed by atoms with E-state index in [9.17, 15) is 40.3 Å². The number of benzene rings is 2. The number of piperidine rings is 1. The Morgan fingerprint density at radius 3 is 1.97 bits per heavy atom. The van der Waals surface area contributed by atoms with E-state index in [0.717, 1.165) is 7.11 Å². The van der Waals surface area contributed by atoms with E-state index < -0.39 is 53.2 Å². The molecule has 0 spiro atoms. The molecule has 1 fully saturated rings. The molecule has 37 heavy (non-hydrogen) atoms. The minimum Gasteiger partial charge on any atom is -0.462 e. The van der Waals surface area contributed by atoms with Crippen molar-refractivity contribution in [2.75, 3.05) is 26.8 Å². The predicted octanol–water partition coefficient (Wildman–Crippen LogP) is 4.62. The molecule has 1 saturated heterocycles. The Labute approximate surface area is 207 Å². The molecular weight excluding hydrogens is 513 g/mol. The van der Waals surface area contributed by atoms with Gasteiger partial charge < -0.3 is 9.47 Å². The van der Waals surface area contributed by atoms with Gasteiger partial charge in [-0.05, 0) is 54.3 Å². The maximum atomic E-state index is 13.5. The topological polar surface area (TPSA) is 67.9 Å². The van der Waals surface area contributed by atoms with Gasteiger partial charge in [0.15, 0.2) is 0 Å². The van der Waals surface area contributed by atoms with Gasteiger partial charge in [0.05, 0.1) is 31.5 Å². The number of nitrogens with one attached hydrogen (secondary N) is 1. The second kappa shape index (κ2) is 11.1. The number of halogens is 7. The van der Waals surface area contributed by atoms with Crippen LogP contribution >= 0.6 is 0 Å². The molecular formula is C24H23F7N2O4. The second-order valence-corrected chi connectivity index (χ2v) is 8.61. The summed E-state index contributed by atoms with van der Waals surface area (Å²) in [5.41, 5.74) is -0.928. The lowest BCUT2D eigenvalue weighted by Crippen LogP contribution is -2.53. The van der Waals surface area contributed by atoms with E-state index >= 15 is 0 Å². The molecule has 3 rings (SSSR count). The summed E-state index contributed by atoms with van der Waals surface area (Å²) in [6, 6.07) is 6.74. The molecule has 1 heterocycles. The van der Waals surface area contributed by atoms with Crippen molar-refractivity contribution in [2.24, 2.45) is 0 Å². The summed E-state index contributed by atoms with van der Waals surface area (Å²) in [7, 11) is 1.05. The van der Waals surface area contributed by atoms with Crippen LogP contribution in [0.2, 0.25) is 0 Å². The van der Waals surface area contributed by atoms with Crippen LogP contribution in [0.25, 0.3) is 0 Å². The van der Waals surface area contributed by atoms with Crippen LogP contribution in [0.1, 0.15) is 35.1 Å². The maximum Gasteiger partial charge on any atom is 0.416 e. The van der Waals surface area contributed by atoms with Crippen LogP contribution in [0.15, 0.2) is 42.5 Å². The molecule has 1 amide bonds. The predicted molar refractivity (Wildman–Crippen MR) is 115 cm³/mol. The molecule has 0 radical (unpaired) electrons. The molecule has 0 aromatic heterocycles. The SMILES string of the molecule is COC(=O)C(=O)NN1CCC(COCc2cc(C(F)(F)F)cc(C(F)(F)F)c2)(c2ccc(F)cc2)CC1. The minimum atomic E-state index is -4.98. The Hall–Kier alpha value is -3.19. The quantitative estimate of drug-likeness (QED) is 0.332. The van der Waals surface area contributed by atoms with Crippen molar-refractivity contribution in [3.8, 4) is 0 Å². The van der Waals surface area contributed by atoms with Crippen molar-refractivity contribution in [2.45, 2.75) is 37.2 Å². The van der Waals surface area contributed by atoms with Gasteiger partial charge in [-0.3, -0.25) is 10.2 Å². The van der Waals surface area contributed by atoms with E-state index in [4.69, 9.17) is 4.74 Å². The molecule has 2 aromatic rings. The van der Waals surface area contributed by atoms with Crippen molar-refractivity contribution in [1.29, 1.82) is 0 Å². The van der Waals surface area contributed by atoms with Gasteiger partial charge in [0.1, 0.15) is 5.82 Å². The first-order valence-corrected chi connectivity index (χ1v) is 11.0. The number of esters is 1. The Balaban J connectivity index is 1.78. The van der Waals surface area contributed by atoms with Gasteiger partial charge in [-0.15, -0.1) is 0 Å². The van der Waals surface area contributed by atoms with Gasteiger partial charge in [0.25, 0.3) is 0 Å². The molecule has 0 unspecified atom stereocenters. The van der Waals surface area contributed by atoms with Gasteiger partial charge in [-0.1, -0.05) is 12.1 Å². The van der Waals surface area contributed by atoms with Crippen molar-refractivity contribution in [1.82, 2.24) is 10.4 Å². The number of hydrogen-bond donors (Lipinski definition) is 1. The molecule has 0 saturated carbocycles. The number of carbonyl (C=O) groups is 2. The summed E-state index contributed by atoms with van der Waals surface area (Å²) in [4.78, 5) is 23.1. The van der Waals surface area contributed by atoms with Crippen molar-refractivity contribution in [3.63, 3.8) is 0 Å². The van der Waals surface area contributed by atoms with Crippen molar-refractivity contribution < 1.29 is 49.8 Å². The maximum absolute atomic E-state index is 13.5. The molecule has 202 valence electrons. The zero-order valence-corrected chi connectivity index (χ0v) is 19.5. The normalized spacial score (nSPS) is 16.3. The molecule has 13 heteroatoms. The number of rotatable bonds is 6. The molecule has 0 atom stereocenters. The highest BCUT2D eigenvalue weighted by molar-refractivity contribution is 6.32. The third kappa shape index (κ3) is 7.19. The molecule has 1 aliphatic heterocycles. The monoisotopic (exact) mass is 536 g/mol. The second-order valence-electron chi connectivity index (χ2n) is 8.61. The number of amides is 1. The third-order valence-corrected chi connectivity index (χ3v) is 6.10. The van der Waals surface area contributed by atoms with Crippen molar-refractivity contribution in [3.05, 3.63) is 70.5 Å². The summed E-state index contributed by atoms with van der Waals surface area (Å²) in [5.74, 6) is -2.55. The summed E-state index contributed by atoms with van der Waals surface area (Å²) >= 11 is 0. The first-order valence-electron chi connectivity index (χ1n) is 11.0. The molecule has 0 aliphatic carbocycles. The Bertz CT molecular complexity index is 1080. The van der Waals surface area contributed by atoms with Crippen LogP contribution < -0.4 is 5.43 Å². The van der Waals surface area contributed by atoms with Gasteiger partial charge in [-0.2, -0.15) is 26.3 Å². The van der Waals surface area contributed by atoms with Crippen LogP contribution in [-0.2, 0) is 43.4 Å². The van der Waals surface area contributed by atoms with Gasteiger partial charge in [-0.25, -0.2) is 14.2 Å². The van der Waals surface area contributed by atoms with Crippen LogP contribution in [0.3, 0.4) is 0 Å². The highest BCUT2D eigenvalue weighted by Gasteiger charge is 2.39. The Morgan fingerprint density at radius 2 is 1.49 bits per heavy atom. The standard InChI is InChI=1S/C24H23F7N2O4/c1-36-21(35)20(34)32-33-8-6-22(7-9-33,16-2-4-19(25)5-3-16)14-37-13-15-10-17(23(26,27)28)12-18(11-15)24(29,30)31/h2-5,10-12H,6-9,13-14H2,1H3,(H,32,34). The van der Waals surface area contributed by atoms with Crippen LogP contribution in [-0.4, -0.2) is 43.7 Å². The summed E-state index contributed by atoms with van der Waals surface area (Å²) in [6.45, 7) is -0.176. The lowest BCUT2D eigenvalue weighted by molar-refractivity contribution is -0.155. The smallest absolute Gasteiger partial charge is 0.416 e. The first-order chi connectivity index (χ1) is 17.2. The Morgan fingerprint density at radius 1 is 0.946 bits per heavy atom. The number of hydrogen-bond acceptors (Lipinski definition) is 5. The van der Waals surface area contributed by atoms with Crippen LogP contribution in [0, 0.1) is 5.82 Å². The van der Waals surface area contributed by atoms with E-state index in [0.29, 0.717) is 30.5 Å². The number of alkyl halides is 6. The lowest BCUT2D eigenvalue weighted by atomic mass is 9.73. The third-order valence-electron chi connectivity index (χ3n) is 6.10. The van der Waals surface area contributed by atoms with E-state index in [-0.39, 0.29) is 31.3 Å². The highest BCUT2D eigenvalue weighted by Crippen LogP contribution is 2.38. The average molecular weight is 536 g/mol. The fourth-order valence-corrected chi connectivity index (χ4v) is 4.12. The van der Waals surface area contributed by atoms with Gasteiger partial charge in [0.2, 0.25) is 0 Å². The van der Waals surface area contributed by atoms with E-state index in [2.05, 4.69) is 10.2 Å². The van der Waals surface area contributed by atoms with E-state index in [1.807, 2.05) is 0 Å². The molecule has 1 N–H and O–H groups in total. The first kappa shape index (κ1) is 28.4. The molecule has 6 nitrogen and oxygen atoms in total. The Kier molecular flexibility index (Phi) is 8.48. The summed E-state index contributed by atoms with van der Waals surface area (Å²) in [6.07, 6.45) is -9.33. The molecule has 2 aromatic carbocycles. The number of nitrogens with zero attached hydrogens (tertiary/aromatic N) is 1. The van der Waals surface area contributed by atoms with E-state index in [1.165, 1.54) is 29.3 Å². The highest BCUT2D eigenvalue weighted by atomic mass is 19.4. The fraction of sp³-hybridized carbons (Fsp3) is 0.417. The van der Waals surface area contributed by atoms with Gasteiger partial charge in [0, 0.05) is 18.5 Å². The zero-order chi connectivity index (χ0) is 27.4. The number of ether oxygens (including phenoxy) is 2. The van der Waals surface area contributed by atoms with E-state index in [1.54, 1.807) is 0 Å². The molecule has 0 bridgehead atoms. The van der Waals surface area contributed by atoms with Crippen LogP contribution in [0.5, 0.6) is 0 Å². The zero-order valence-electron chi connectivity index (χ0n) is 19.5. The number of hydrazine groups is 1.